The molecule has 1 aromatic carbocycles. The Morgan fingerprint density at radius 3 is 2.33 bits per heavy atom. The number of ether oxygens (including phenoxy) is 1. The molecule has 132 valence electrons. The van der Waals surface area contributed by atoms with E-state index in [4.69, 9.17) is 4.74 Å². The van der Waals surface area contributed by atoms with Crippen molar-refractivity contribution in [3.05, 3.63) is 39.9 Å². The first-order valence-corrected chi connectivity index (χ1v) is 8.43. The predicted molar refractivity (Wildman–Crippen MR) is 91.8 cm³/mol. The normalized spacial score (nSPS) is 16.8. The Bertz CT molecular complexity index is 570. The Morgan fingerprint density at radius 1 is 1.25 bits per heavy atom. The van der Waals surface area contributed by atoms with Crippen LogP contribution in [0.1, 0.15) is 39.2 Å². The molecular weight excluding hydrogens is 308 g/mol. The Morgan fingerprint density at radius 2 is 1.83 bits per heavy atom. The molecule has 1 heterocycles. The molecule has 2 rings (SSSR count). The molecule has 0 saturated carbocycles. The number of hydrogen-bond donors (Lipinski definition) is 0. The lowest BCUT2D eigenvalue weighted by molar-refractivity contribution is -0.384. The number of rotatable bonds is 5. The smallest absolute Gasteiger partial charge is 0.309 e. The van der Waals surface area contributed by atoms with Crippen LogP contribution in [0.3, 0.4) is 0 Å². The maximum Gasteiger partial charge on any atom is 0.309 e. The van der Waals surface area contributed by atoms with Gasteiger partial charge in [-0.3, -0.25) is 14.9 Å². The molecule has 0 atom stereocenters. The highest BCUT2D eigenvalue weighted by Crippen LogP contribution is 2.22. The number of benzene rings is 1. The van der Waals surface area contributed by atoms with Gasteiger partial charge in [-0.25, -0.2) is 0 Å². The van der Waals surface area contributed by atoms with Crippen molar-refractivity contribution < 1.29 is 14.5 Å². The number of carbonyl (C=O) groups is 1. The SMILES string of the molecule is CC(C)(C)OC(=O)C1CCN(CCc2ccc([N+](=O)[O-])cc2)CC1. The lowest BCUT2D eigenvalue weighted by atomic mass is 9.96. The van der Waals surface area contributed by atoms with Gasteiger partial charge in [-0.05, 0) is 58.7 Å². The molecule has 0 aromatic heterocycles. The summed E-state index contributed by atoms with van der Waals surface area (Å²) in [5, 5.41) is 10.6. The average molecular weight is 334 g/mol. The number of nitrogens with zero attached hydrogens (tertiary/aromatic N) is 2. The Balaban J connectivity index is 1.75. The molecule has 0 bridgehead atoms. The van der Waals surface area contributed by atoms with Crippen LogP contribution in [0.4, 0.5) is 5.69 Å². The van der Waals surface area contributed by atoms with Crippen LogP contribution in [-0.2, 0) is 16.0 Å². The molecule has 0 N–H and O–H groups in total. The summed E-state index contributed by atoms with van der Waals surface area (Å²) < 4.78 is 5.46. The number of non-ortho nitro benzene ring substituents is 1. The van der Waals surface area contributed by atoms with E-state index in [1.54, 1.807) is 12.1 Å². The summed E-state index contributed by atoms with van der Waals surface area (Å²) in [6.45, 7) is 8.35. The van der Waals surface area contributed by atoms with Gasteiger partial charge in [0.05, 0.1) is 10.8 Å². The number of hydrogen-bond acceptors (Lipinski definition) is 5. The summed E-state index contributed by atoms with van der Waals surface area (Å²) in [6.07, 6.45) is 2.51. The lowest BCUT2D eigenvalue weighted by Crippen LogP contribution is -2.39. The maximum atomic E-state index is 12.1. The molecule has 0 aliphatic carbocycles. The van der Waals surface area contributed by atoms with Crippen LogP contribution in [0.2, 0.25) is 0 Å². The summed E-state index contributed by atoms with van der Waals surface area (Å²) in [7, 11) is 0. The van der Waals surface area contributed by atoms with Crippen molar-refractivity contribution in [3.63, 3.8) is 0 Å². The van der Waals surface area contributed by atoms with E-state index in [2.05, 4.69) is 4.90 Å². The molecule has 0 unspecified atom stereocenters. The van der Waals surface area contributed by atoms with Crippen LogP contribution in [0.5, 0.6) is 0 Å². The van der Waals surface area contributed by atoms with Gasteiger partial charge in [0.15, 0.2) is 0 Å². The van der Waals surface area contributed by atoms with Crippen molar-refractivity contribution in [1.29, 1.82) is 0 Å². The summed E-state index contributed by atoms with van der Waals surface area (Å²) in [6, 6.07) is 6.71. The van der Waals surface area contributed by atoms with Crippen molar-refractivity contribution in [2.24, 2.45) is 5.92 Å². The standard InChI is InChI=1S/C18H26N2O4/c1-18(2,3)24-17(21)15-9-12-19(13-10-15)11-8-14-4-6-16(7-5-14)20(22)23/h4-7,15H,8-13H2,1-3H3. The lowest BCUT2D eigenvalue weighted by Gasteiger charge is -2.32. The molecule has 1 aliphatic heterocycles. The minimum absolute atomic E-state index is 0.000139. The van der Waals surface area contributed by atoms with Crippen LogP contribution >= 0.6 is 0 Å². The van der Waals surface area contributed by atoms with Gasteiger partial charge in [0.2, 0.25) is 0 Å². The highest BCUT2D eigenvalue weighted by atomic mass is 16.6. The fourth-order valence-electron chi connectivity index (χ4n) is 2.85. The molecule has 1 aliphatic rings. The van der Waals surface area contributed by atoms with Crippen LogP contribution in [0.15, 0.2) is 24.3 Å². The molecule has 6 nitrogen and oxygen atoms in total. The monoisotopic (exact) mass is 334 g/mol. The summed E-state index contributed by atoms with van der Waals surface area (Å²) in [5.74, 6) is -0.0858. The summed E-state index contributed by atoms with van der Waals surface area (Å²) in [5.41, 5.74) is 0.788. The van der Waals surface area contributed by atoms with Crippen molar-refractivity contribution in [2.45, 2.75) is 45.6 Å². The van der Waals surface area contributed by atoms with Crippen molar-refractivity contribution >= 4 is 11.7 Å². The van der Waals surface area contributed by atoms with E-state index in [-0.39, 0.29) is 22.5 Å². The second kappa shape index (κ2) is 7.75. The summed E-state index contributed by atoms with van der Waals surface area (Å²) in [4.78, 5) is 24.7. The van der Waals surface area contributed by atoms with E-state index < -0.39 is 5.60 Å². The first-order valence-electron chi connectivity index (χ1n) is 8.43. The van der Waals surface area contributed by atoms with Gasteiger partial charge < -0.3 is 9.64 Å². The van der Waals surface area contributed by atoms with E-state index in [1.807, 2.05) is 32.9 Å². The first kappa shape index (κ1) is 18.4. The molecule has 0 radical (unpaired) electrons. The van der Waals surface area contributed by atoms with Gasteiger partial charge in [0, 0.05) is 18.7 Å². The van der Waals surface area contributed by atoms with Gasteiger partial charge in [-0.1, -0.05) is 12.1 Å². The van der Waals surface area contributed by atoms with Gasteiger partial charge in [0.25, 0.3) is 5.69 Å². The molecule has 1 aromatic rings. The Kier molecular flexibility index (Phi) is 5.94. The minimum atomic E-state index is -0.426. The second-order valence-electron chi connectivity index (χ2n) is 7.32. The average Bonchev–Trinajstić information content (AvgIpc) is 2.52. The van der Waals surface area contributed by atoms with Gasteiger partial charge in [-0.2, -0.15) is 0 Å². The number of esters is 1. The van der Waals surface area contributed by atoms with E-state index in [9.17, 15) is 14.9 Å². The zero-order valence-electron chi connectivity index (χ0n) is 14.7. The maximum absolute atomic E-state index is 12.1. The Labute approximate surface area is 142 Å². The topological polar surface area (TPSA) is 72.7 Å². The van der Waals surface area contributed by atoms with Gasteiger partial charge in [-0.15, -0.1) is 0 Å². The van der Waals surface area contributed by atoms with Gasteiger partial charge >= 0.3 is 5.97 Å². The van der Waals surface area contributed by atoms with Crippen molar-refractivity contribution in [3.8, 4) is 0 Å². The quantitative estimate of drug-likeness (QED) is 0.470. The largest absolute Gasteiger partial charge is 0.460 e. The highest BCUT2D eigenvalue weighted by molar-refractivity contribution is 5.73. The fourth-order valence-corrected chi connectivity index (χ4v) is 2.85. The molecule has 24 heavy (non-hydrogen) atoms. The zero-order chi connectivity index (χ0) is 17.7. The Hall–Kier alpha value is -1.95. The molecule has 0 spiro atoms. The highest BCUT2D eigenvalue weighted by Gasteiger charge is 2.28. The van der Waals surface area contributed by atoms with Crippen LogP contribution in [-0.4, -0.2) is 41.0 Å². The third-order valence-electron chi connectivity index (χ3n) is 4.19. The number of piperidine rings is 1. The molecule has 1 fully saturated rings. The number of nitro benzene ring substituents is 1. The van der Waals surface area contributed by atoms with E-state index in [0.717, 1.165) is 44.5 Å². The van der Waals surface area contributed by atoms with Crippen LogP contribution in [0, 0.1) is 16.0 Å². The molecule has 0 amide bonds. The predicted octanol–water partition coefficient (Wildman–Crippen LogP) is 3.19. The van der Waals surface area contributed by atoms with Crippen molar-refractivity contribution in [1.82, 2.24) is 4.90 Å². The number of nitro groups is 1. The van der Waals surface area contributed by atoms with E-state index in [1.165, 1.54) is 0 Å². The first-order chi connectivity index (χ1) is 11.2. The molecule has 1 saturated heterocycles. The van der Waals surface area contributed by atoms with Gasteiger partial charge in [0.1, 0.15) is 5.60 Å². The minimum Gasteiger partial charge on any atom is -0.460 e. The number of likely N-dealkylation sites (tertiary alicyclic amines) is 1. The van der Waals surface area contributed by atoms with Crippen LogP contribution < -0.4 is 0 Å². The van der Waals surface area contributed by atoms with Crippen molar-refractivity contribution in [2.75, 3.05) is 19.6 Å². The fraction of sp³-hybridized carbons (Fsp3) is 0.611. The molecular formula is C18H26N2O4. The van der Waals surface area contributed by atoms with E-state index >= 15 is 0 Å². The third kappa shape index (κ3) is 5.60. The number of carbonyl (C=O) groups excluding carboxylic acids is 1. The second-order valence-corrected chi connectivity index (χ2v) is 7.32. The molecule has 6 heteroatoms. The summed E-state index contributed by atoms with van der Waals surface area (Å²) >= 11 is 0. The zero-order valence-corrected chi connectivity index (χ0v) is 14.7. The van der Waals surface area contributed by atoms with Crippen LogP contribution in [0.25, 0.3) is 0 Å². The van der Waals surface area contributed by atoms with E-state index in [0.29, 0.717) is 0 Å². The third-order valence-corrected chi connectivity index (χ3v) is 4.19.